The number of hydrogen-bond donors (Lipinski definition) is 0. The molecule has 3 rings (SSSR count). The van der Waals surface area contributed by atoms with Crippen molar-refractivity contribution in [3.63, 3.8) is 0 Å². The second kappa shape index (κ2) is 4.62. The van der Waals surface area contributed by atoms with Crippen molar-refractivity contribution in [1.82, 2.24) is 19.9 Å². The Balaban J connectivity index is 2.03. The van der Waals surface area contributed by atoms with Gasteiger partial charge >= 0.3 is 0 Å². The summed E-state index contributed by atoms with van der Waals surface area (Å²) in [6.45, 7) is 3.94. The van der Waals surface area contributed by atoms with Crippen LogP contribution >= 0.6 is 23.1 Å². The van der Waals surface area contributed by atoms with Gasteiger partial charge in [0.05, 0.1) is 0 Å². The molecule has 0 fully saturated rings. The number of thiophene rings is 1. The molecule has 3 heterocycles. The molecular weight excluding hydrogens is 264 g/mol. The largest absolute Gasteiger partial charge is 0.229 e. The maximum absolute atomic E-state index is 4.42. The number of hydrogen-bond acceptors (Lipinski definition) is 6. The fraction of sp³-hybridized carbons (Fsp3) is 0.167. The van der Waals surface area contributed by atoms with E-state index in [2.05, 4.69) is 19.9 Å². The molecule has 0 saturated carbocycles. The smallest absolute Gasteiger partial charge is 0.194 e. The van der Waals surface area contributed by atoms with E-state index in [0.717, 1.165) is 31.8 Å². The Labute approximate surface area is 113 Å². The van der Waals surface area contributed by atoms with Gasteiger partial charge in [0.15, 0.2) is 5.16 Å². The third-order valence-electron chi connectivity index (χ3n) is 2.37. The van der Waals surface area contributed by atoms with Crippen molar-refractivity contribution in [1.29, 1.82) is 0 Å². The Morgan fingerprint density at radius 3 is 2.67 bits per heavy atom. The SMILES string of the molecule is Cc1cc(C)nc(Sc2ncnc3sccc23)n1. The summed E-state index contributed by atoms with van der Waals surface area (Å²) in [5, 5.41) is 4.73. The Hall–Kier alpha value is -1.53. The van der Waals surface area contributed by atoms with Crippen molar-refractivity contribution in [2.75, 3.05) is 0 Å². The first-order chi connectivity index (χ1) is 8.72. The average molecular weight is 274 g/mol. The van der Waals surface area contributed by atoms with E-state index >= 15 is 0 Å². The van der Waals surface area contributed by atoms with Gasteiger partial charge in [0.2, 0.25) is 0 Å². The number of aryl methyl sites for hydroxylation is 2. The topological polar surface area (TPSA) is 51.6 Å². The summed E-state index contributed by atoms with van der Waals surface area (Å²) in [5.41, 5.74) is 1.95. The lowest BCUT2D eigenvalue weighted by molar-refractivity contribution is 0.899. The van der Waals surface area contributed by atoms with E-state index in [1.54, 1.807) is 17.7 Å². The Bertz CT molecular complexity index is 688. The zero-order valence-corrected chi connectivity index (χ0v) is 11.5. The second-order valence-corrected chi connectivity index (χ2v) is 5.70. The van der Waals surface area contributed by atoms with Gasteiger partial charge in [-0.25, -0.2) is 19.9 Å². The maximum Gasteiger partial charge on any atom is 0.194 e. The first-order valence-electron chi connectivity index (χ1n) is 5.41. The fourth-order valence-corrected chi connectivity index (χ4v) is 3.40. The molecule has 90 valence electrons. The van der Waals surface area contributed by atoms with Crippen molar-refractivity contribution in [2.24, 2.45) is 0 Å². The summed E-state index contributed by atoms with van der Waals surface area (Å²) in [4.78, 5) is 18.4. The van der Waals surface area contributed by atoms with Crippen LogP contribution < -0.4 is 0 Å². The van der Waals surface area contributed by atoms with Crippen LogP contribution in [0.25, 0.3) is 10.2 Å². The van der Waals surface area contributed by atoms with E-state index in [1.807, 2.05) is 31.4 Å². The Kier molecular flexibility index (Phi) is 2.97. The van der Waals surface area contributed by atoms with E-state index in [4.69, 9.17) is 0 Å². The fourth-order valence-electron chi connectivity index (χ4n) is 1.67. The predicted octanol–water partition coefficient (Wildman–Crippen LogP) is 3.25. The highest BCUT2D eigenvalue weighted by atomic mass is 32.2. The molecule has 0 saturated heterocycles. The van der Waals surface area contributed by atoms with Crippen molar-refractivity contribution in [3.8, 4) is 0 Å². The minimum atomic E-state index is 0.735. The van der Waals surface area contributed by atoms with Crippen LogP contribution in [0.1, 0.15) is 11.4 Å². The molecule has 6 heteroatoms. The average Bonchev–Trinajstić information content (AvgIpc) is 2.76. The van der Waals surface area contributed by atoms with Crippen LogP contribution in [-0.4, -0.2) is 19.9 Å². The molecule has 18 heavy (non-hydrogen) atoms. The number of aromatic nitrogens is 4. The normalized spacial score (nSPS) is 11.0. The predicted molar refractivity (Wildman–Crippen MR) is 73.0 cm³/mol. The van der Waals surface area contributed by atoms with Crippen molar-refractivity contribution < 1.29 is 0 Å². The summed E-state index contributed by atoms with van der Waals surface area (Å²) >= 11 is 3.10. The molecule has 4 nitrogen and oxygen atoms in total. The highest BCUT2D eigenvalue weighted by Gasteiger charge is 2.09. The van der Waals surface area contributed by atoms with Crippen LogP contribution in [0.3, 0.4) is 0 Å². The van der Waals surface area contributed by atoms with Crippen molar-refractivity contribution in [2.45, 2.75) is 24.0 Å². The van der Waals surface area contributed by atoms with Gasteiger partial charge in [0.25, 0.3) is 0 Å². The van der Waals surface area contributed by atoms with Gasteiger partial charge in [0, 0.05) is 16.8 Å². The lowest BCUT2D eigenvalue weighted by Gasteiger charge is -2.02. The van der Waals surface area contributed by atoms with Gasteiger partial charge in [-0.2, -0.15) is 0 Å². The molecule has 0 spiro atoms. The van der Waals surface area contributed by atoms with Gasteiger partial charge in [0.1, 0.15) is 16.2 Å². The molecule has 0 aliphatic rings. The minimum absolute atomic E-state index is 0.735. The zero-order chi connectivity index (χ0) is 12.5. The molecule has 0 N–H and O–H groups in total. The minimum Gasteiger partial charge on any atom is -0.229 e. The highest BCUT2D eigenvalue weighted by molar-refractivity contribution is 7.99. The zero-order valence-electron chi connectivity index (χ0n) is 9.91. The summed E-state index contributed by atoms with van der Waals surface area (Å²) < 4.78 is 0. The molecule has 3 aromatic rings. The van der Waals surface area contributed by atoms with E-state index in [9.17, 15) is 0 Å². The summed E-state index contributed by atoms with van der Waals surface area (Å²) in [6, 6.07) is 4.00. The van der Waals surface area contributed by atoms with E-state index in [-0.39, 0.29) is 0 Å². The van der Waals surface area contributed by atoms with Crippen LogP contribution in [0.15, 0.2) is 34.0 Å². The van der Waals surface area contributed by atoms with Gasteiger partial charge in [-0.3, -0.25) is 0 Å². The molecule has 0 aliphatic heterocycles. The monoisotopic (exact) mass is 274 g/mol. The molecule has 3 aromatic heterocycles. The van der Waals surface area contributed by atoms with Crippen LogP contribution in [0.4, 0.5) is 0 Å². The van der Waals surface area contributed by atoms with E-state index in [1.165, 1.54) is 11.8 Å². The van der Waals surface area contributed by atoms with Gasteiger partial charge < -0.3 is 0 Å². The summed E-state index contributed by atoms with van der Waals surface area (Å²) in [6.07, 6.45) is 1.59. The Morgan fingerprint density at radius 2 is 1.89 bits per heavy atom. The molecular formula is C12H10N4S2. The maximum atomic E-state index is 4.42. The van der Waals surface area contributed by atoms with Crippen LogP contribution in [0, 0.1) is 13.8 Å². The quantitative estimate of drug-likeness (QED) is 0.530. The summed E-state index contributed by atoms with van der Waals surface area (Å²) in [5.74, 6) is 0. The number of fused-ring (bicyclic) bond motifs is 1. The van der Waals surface area contributed by atoms with Crippen LogP contribution in [0.2, 0.25) is 0 Å². The lowest BCUT2D eigenvalue weighted by atomic mass is 10.4. The van der Waals surface area contributed by atoms with Crippen LogP contribution in [-0.2, 0) is 0 Å². The van der Waals surface area contributed by atoms with Crippen molar-refractivity contribution >= 4 is 33.3 Å². The number of nitrogens with zero attached hydrogens (tertiary/aromatic N) is 4. The van der Waals surface area contributed by atoms with Crippen molar-refractivity contribution in [3.05, 3.63) is 35.2 Å². The first kappa shape index (κ1) is 11.6. The molecule has 0 bridgehead atoms. The highest BCUT2D eigenvalue weighted by Crippen LogP contribution is 2.31. The first-order valence-corrected chi connectivity index (χ1v) is 7.10. The van der Waals surface area contributed by atoms with Gasteiger partial charge in [-0.05, 0) is 43.1 Å². The van der Waals surface area contributed by atoms with E-state index in [0.29, 0.717) is 0 Å². The van der Waals surface area contributed by atoms with E-state index < -0.39 is 0 Å². The molecule has 0 atom stereocenters. The van der Waals surface area contributed by atoms with Crippen LogP contribution in [0.5, 0.6) is 0 Å². The third-order valence-corrected chi connectivity index (χ3v) is 4.08. The van der Waals surface area contributed by atoms with Gasteiger partial charge in [-0.15, -0.1) is 11.3 Å². The molecule has 0 amide bonds. The molecule has 0 aliphatic carbocycles. The molecule has 0 aromatic carbocycles. The number of rotatable bonds is 2. The Morgan fingerprint density at radius 1 is 1.11 bits per heavy atom. The lowest BCUT2D eigenvalue weighted by Crippen LogP contribution is -1.93. The third kappa shape index (κ3) is 2.21. The molecule has 0 unspecified atom stereocenters. The molecule has 0 radical (unpaired) electrons. The summed E-state index contributed by atoms with van der Waals surface area (Å²) in [7, 11) is 0. The second-order valence-electron chi connectivity index (χ2n) is 3.85. The standard InChI is InChI=1S/C12H10N4S2/c1-7-5-8(2)16-12(15-7)18-11-9-3-4-17-10(9)13-6-14-11/h3-6H,1-2H3. The van der Waals surface area contributed by atoms with Gasteiger partial charge in [-0.1, -0.05) is 0 Å².